The fraction of sp³-hybridized carbons (Fsp3) is 0.182. The second-order valence-corrected chi connectivity index (χ2v) is 6.28. The van der Waals surface area contributed by atoms with E-state index in [4.69, 9.17) is 5.26 Å². The first-order valence-corrected chi connectivity index (χ1v) is 8.75. The van der Waals surface area contributed by atoms with E-state index in [1.165, 1.54) is 22.9 Å². The number of hydrogen-bond acceptors (Lipinski definition) is 2. The van der Waals surface area contributed by atoms with Crippen molar-refractivity contribution in [2.75, 3.05) is 7.05 Å². The number of rotatable bonds is 4. The van der Waals surface area contributed by atoms with Gasteiger partial charge in [-0.15, -0.1) is 24.0 Å². The number of halogens is 2. The summed E-state index contributed by atoms with van der Waals surface area (Å²) in [5.74, 6) is 0.219. The SMILES string of the molecule is CN=C(NCc1cc(C#N)ccc1F)NC(C)c1cccc2ccccc12.I. The number of guanidine groups is 1. The Hall–Kier alpha value is -2.66. The normalized spacial score (nSPS) is 12.0. The molecule has 6 heteroatoms. The van der Waals surface area contributed by atoms with Crippen LogP contribution in [0.5, 0.6) is 0 Å². The molecule has 0 fully saturated rings. The summed E-state index contributed by atoms with van der Waals surface area (Å²) in [6, 6.07) is 20.8. The lowest BCUT2D eigenvalue weighted by molar-refractivity contribution is 0.602. The predicted molar refractivity (Wildman–Crippen MR) is 122 cm³/mol. The molecule has 2 N–H and O–H groups in total. The van der Waals surface area contributed by atoms with Gasteiger partial charge in [-0.2, -0.15) is 5.26 Å². The lowest BCUT2D eigenvalue weighted by Crippen LogP contribution is -2.38. The van der Waals surface area contributed by atoms with Crippen molar-refractivity contribution in [3.05, 3.63) is 83.2 Å². The van der Waals surface area contributed by atoms with Crippen LogP contribution in [0.2, 0.25) is 0 Å². The monoisotopic (exact) mass is 488 g/mol. The Morgan fingerprint density at radius 1 is 1.14 bits per heavy atom. The van der Waals surface area contributed by atoms with Crippen LogP contribution in [0.3, 0.4) is 0 Å². The first-order valence-electron chi connectivity index (χ1n) is 8.75. The van der Waals surface area contributed by atoms with E-state index in [1.54, 1.807) is 13.1 Å². The van der Waals surface area contributed by atoms with Gasteiger partial charge < -0.3 is 10.6 Å². The number of benzene rings is 3. The second-order valence-electron chi connectivity index (χ2n) is 6.28. The molecule has 3 aromatic carbocycles. The van der Waals surface area contributed by atoms with Gasteiger partial charge in [-0.05, 0) is 41.5 Å². The molecule has 0 saturated carbocycles. The maximum Gasteiger partial charge on any atom is 0.191 e. The van der Waals surface area contributed by atoms with Crippen LogP contribution in [0.1, 0.15) is 29.7 Å². The van der Waals surface area contributed by atoms with E-state index in [2.05, 4.69) is 46.8 Å². The van der Waals surface area contributed by atoms with Crippen molar-refractivity contribution in [3.63, 3.8) is 0 Å². The van der Waals surface area contributed by atoms with E-state index in [0.29, 0.717) is 17.1 Å². The van der Waals surface area contributed by atoms with Crippen LogP contribution in [0, 0.1) is 17.1 Å². The fourth-order valence-corrected chi connectivity index (χ4v) is 3.06. The van der Waals surface area contributed by atoms with Crippen LogP contribution in [0.25, 0.3) is 10.8 Å². The molecule has 0 aliphatic heterocycles. The first-order chi connectivity index (χ1) is 13.1. The van der Waals surface area contributed by atoms with E-state index in [9.17, 15) is 4.39 Å². The number of nitrogens with one attached hydrogen (secondary N) is 2. The van der Waals surface area contributed by atoms with Crippen LogP contribution in [-0.4, -0.2) is 13.0 Å². The maximum absolute atomic E-state index is 14.0. The topological polar surface area (TPSA) is 60.2 Å². The summed E-state index contributed by atoms with van der Waals surface area (Å²) in [6.45, 7) is 2.30. The average Bonchev–Trinajstić information content (AvgIpc) is 2.71. The van der Waals surface area contributed by atoms with Crippen molar-refractivity contribution in [2.45, 2.75) is 19.5 Å². The molecule has 4 nitrogen and oxygen atoms in total. The zero-order valence-corrected chi connectivity index (χ0v) is 18.1. The first kappa shape index (κ1) is 21.6. The van der Waals surface area contributed by atoms with Gasteiger partial charge >= 0.3 is 0 Å². The van der Waals surface area contributed by atoms with E-state index in [0.717, 1.165) is 5.56 Å². The molecule has 0 heterocycles. The Labute approximate surface area is 181 Å². The van der Waals surface area contributed by atoms with Crippen molar-refractivity contribution >= 4 is 40.7 Å². The van der Waals surface area contributed by atoms with Gasteiger partial charge in [0.1, 0.15) is 5.82 Å². The molecule has 0 spiro atoms. The third kappa shape index (κ3) is 4.98. The molecule has 1 atom stereocenters. The smallest absolute Gasteiger partial charge is 0.191 e. The van der Waals surface area contributed by atoms with Gasteiger partial charge in [-0.1, -0.05) is 42.5 Å². The molecule has 0 aliphatic carbocycles. The number of aliphatic imine (C=N–C) groups is 1. The molecular weight excluding hydrogens is 466 g/mol. The Kier molecular flexibility index (Phi) is 7.76. The third-order valence-corrected chi connectivity index (χ3v) is 4.49. The Bertz CT molecular complexity index is 1020. The number of nitriles is 1. The van der Waals surface area contributed by atoms with Crippen LogP contribution in [0.4, 0.5) is 4.39 Å². The zero-order chi connectivity index (χ0) is 19.2. The van der Waals surface area contributed by atoms with Gasteiger partial charge in [0.15, 0.2) is 5.96 Å². The highest BCUT2D eigenvalue weighted by Gasteiger charge is 2.11. The molecule has 144 valence electrons. The summed E-state index contributed by atoms with van der Waals surface area (Å²) in [5, 5.41) is 17.8. The van der Waals surface area contributed by atoms with Gasteiger partial charge in [0.25, 0.3) is 0 Å². The molecule has 3 aromatic rings. The van der Waals surface area contributed by atoms with Crippen LogP contribution in [0.15, 0.2) is 65.7 Å². The zero-order valence-electron chi connectivity index (χ0n) is 15.7. The summed E-state index contributed by atoms with van der Waals surface area (Å²) in [6.07, 6.45) is 0. The summed E-state index contributed by atoms with van der Waals surface area (Å²) in [4.78, 5) is 4.23. The summed E-state index contributed by atoms with van der Waals surface area (Å²) >= 11 is 0. The van der Waals surface area contributed by atoms with Gasteiger partial charge in [0.2, 0.25) is 0 Å². The lowest BCUT2D eigenvalue weighted by atomic mass is 10.00. The molecule has 1 unspecified atom stereocenters. The molecule has 0 radical (unpaired) electrons. The summed E-state index contributed by atoms with van der Waals surface area (Å²) < 4.78 is 14.0. The van der Waals surface area contributed by atoms with E-state index >= 15 is 0 Å². The van der Waals surface area contributed by atoms with Gasteiger partial charge in [0, 0.05) is 19.2 Å². The molecule has 0 aliphatic rings. The minimum atomic E-state index is -0.348. The highest BCUT2D eigenvalue weighted by atomic mass is 127. The maximum atomic E-state index is 14.0. The largest absolute Gasteiger partial charge is 0.352 e. The minimum Gasteiger partial charge on any atom is -0.352 e. The number of hydrogen-bond donors (Lipinski definition) is 2. The molecule has 0 bridgehead atoms. The third-order valence-electron chi connectivity index (χ3n) is 4.49. The van der Waals surface area contributed by atoms with Crippen LogP contribution >= 0.6 is 24.0 Å². The van der Waals surface area contributed by atoms with Crippen LogP contribution < -0.4 is 10.6 Å². The van der Waals surface area contributed by atoms with E-state index in [-0.39, 0.29) is 42.4 Å². The highest BCUT2D eigenvalue weighted by Crippen LogP contribution is 2.24. The summed E-state index contributed by atoms with van der Waals surface area (Å²) in [7, 11) is 1.67. The molecule has 0 aromatic heterocycles. The number of nitrogens with zero attached hydrogens (tertiary/aromatic N) is 2. The van der Waals surface area contributed by atoms with Crippen molar-refractivity contribution < 1.29 is 4.39 Å². The summed E-state index contributed by atoms with van der Waals surface area (Å²) in [5.41, 5.74) is 2.02. The minimum absolute atomic E-state index is 0. The van der Waals surface area contributed by atoms with E-state index in [1.807, 2.05) is 24.3 Å². The predicted octanol–water partition coefficient (Wildman–Crippen LogP) is 4.89. The van der Waals surface area contributed by atoms with Crippen LogP contribution in [-0.2, 0) is 6.54 Å². The Morgan fingerprint density at radius 3 is 2.64 bits per heavy atom. The second kappa shape index (κ2) is 10.0. The molecule has 28 heavy (non-hydrogen) atoms. The molecule has 3 rings (SSSR count). The van der Waals surface area contributed by atoms with Gasteiger partial charge in [-0.3, -0.25) is 4.99 Å². The van der Waals surface area contributed by atoms with Crippen molar-refractivity contribution in [3.8, 4) is 6.07 Å². The van der Waals surface area contributed by atoms with Crippen molar-refractivity contribution in [1.82, 2.24) is 10.6 Å². The fourth-order valence-electron chi connectivity index (χ4n) is 3.06. The Morgan fingerprint density at radius 2 is 1.89 bits per heavy atom. The van der Waals surface area contributed by atoms with Gasteiger partial charge in [-0.25, -0.2) is 4.39 Å². The standard InChI is InChI=1S/C22H21FN4.HI/c1-15(19-9-5-7-17-6-3-4-8-20(17)19)27-22(25-2)26-14-18-12-16(13-24)10-11-21(18)23;/h3-12,15H,14H2,1-2H3,(H2,25,26,27);1H. The Balaban J connectivity index is 0.00000280. The van der Waals surface area contributed by atoms with E-state index < -0.39 is 0 Å². The highest BCUT2D eigenvalue weighted by molar-refractivity contribution is 14.0. The molecule has 0 saturated heterocycles. The lowest BCUT2D eigenvalue weighted by Gasteiger charge is -2.20. The molecular formula is C22H22FIN4. The van der Waals surface area contributed by atoms with Crippen molar-refractivity contribution in [1.29, 1.82) is 5.26 Å². The van der Waals surface area contributed by atoms with Gasteiger partial charge in [0.05, 0.1) is 17.7 Å². The number of fused-ring (bicyclic) bond motifs is 1. The van der Waals surface area contributed by atoms with Crippen molar-refractivity contribution in [2.24, 2.45) is 4.99 Å². The average molecular weight is 488 g/mol. The molecule has 0 amide bonds. The quantitative estimate of drug-likeness (QED) is 0.312.